The van der Waals surface area contributed by atoms with Crippen molar-refractivity contribution in [2.45, 2.75) is 43.4 Å². The molecule has 0 aliphatic carbocycles. The van der Waals surface area contributed by atoms with E-state index in [1.165, 1.54) is 6.92 Å². The van der Waals surface area contributed by atoms with E-state index in [-0.39, 0.29) is 11.2 Å². The van der Waals surface area contributed by atoms with Crippen LogP contribution in [-0.4, -0.2) is 35.8 Å². The monoisotopic (exact) mass is 363 g/mol. The van der Waals surface area contributed by atoms with Crippen LogP contribution in [0.25, 0.3) is 0 Å². The summed E-state index contributed by atoms with van der Waals surface area (Å²) in [6.45, 7) is 5.32. The molecule has 0 aromatic carbocycles. The number of hydrogen-bond donors (Lipinski definition) is 2. The number of nitrogens with zero attached hydrogens (tertiary/aromatic N) is 5. The lowest BCUT2D eigenvalue weighted by molar-refractivity contribution is -0.146. The number of alkyl halides is 3. The van der Waals surface area contributed by atoms with Crippen LogP contribution in [0.4, 0.5) is 19.0 Å². The van der Waals surface area contributed by atoms with Crippen LogP contribution in [0.3, 0.4) is 0 Å². The van der Waals surface area contributed by atoms with Crippen molar-refractivity contribution in [1.82, 2.24) is 24.7 Å². The summed E-state index contributed by atoms with van der Waals surface area (Å²) in [5.41, 5.74) is 0. The molecule has 12 heteroatoms. The second-order valence-electron chi connectivity index (χ2n) is 5.18. The summed E-state index contributed by atoms with van der Waals surface area (Å²) in [4.78, 5) is 12.2. The zero-order valence-corrected chi connectivity index (χ0v) is 13.9. The van der Waals surface area contributed by atoms with Crippen molar-refractivity contribution in [2.75, 3.05) is 11.2 Å². The molecule has 2 heterocycles. The lowest BCUT2D eigenvalue weighted by atomic mass is 10.4. The smallest absolute Gasteiger partial charge is 0.335 e. The van der Waals surface area contributed by atoms with E-state index in [0.29, 0.717) is 10.5 Å². The zero-order chi connectivity index (χ0) is 18.1. The second kappa shape index (κ2) is 6.71. The SMILES string of the molecule is CC(Sc1nnc(C(F)(F)F)n1N)C(=O)Nc1ccnn1C(C)C. The molecule has 1 atom stereocenters. The van der Waals surface area contributed by atoms with E-state index in [1.54, 1.807) is 16.9 Å². The standard InChI is InChI=1S/C12H16F3N7OS/c1-6(2)22-8(4-5-17-22)18-9(23)7(3)24-11-20-19-10(21(11)16)12(13,14)15/h4-7H,16H2,1-3H3,(H,18,23). The number of halogens is 3. The summed E-state index contributed by atoms with van der Waals surface area (Å²) >= 11 is 0.774. The van der Waals surface area contributed by atoms with Crippen molar-refractivity contribution in [3.63, 3.8) is 0 Å². The number of hydrogen-bond acceptors (Lipinski definition) is 6. The Morgan fingerprint density at radius 3 is 2.54 bits per heavy atom. The number of carbonyl (C=O) groups is 1. The molecular formula is C12H16F3N7OS. The fraction of sp³-hybridized carbons (Fsp3) is 0.500. The van der Waals surface area contributed by atoms with Gasteiger partial charge in [-0.25, -0.2) is 9.36 Å². The number of nitrogen functional groups attached to an aromatic ring is 1. The van der Waals surface area contributed by atoms with Gasteiger partial charge in [0.15, 0.2) is 0 Å². The topological polar surface area (TPSA) is 104 Å². The van der Waals surface area contributed by atoms with Crippen molar-refractivity contribution >= 4 is 23.5 Å². The number of amides is 1. The first-order valence-corrected chi connectivity index (χ1v) is 7.78. The van der Waals surface area contributed by atoms with Gasteiger partial charge < -0.3 is 11.2 Å². The molecule has 0 bridgehead atoms. The maximum Gasteiger partial charge on any atom is 0.453 e. The molecule has 3 N–H and O–H groups in total. The van der Waals surface area contributed by atoms with Gasteiger partial charge in [-0.2, -0.15) is 18.3 Å². The van der Waals surface area contributed by atoms with Gasteiger partial charge in [0, 0.05) is 12.1 Å². The zero-order valence-electron chi connectivity index (χ0n) is 13.1. The molecule has 0 saturated heterocycles. The molecular weight excluding hydrogens is 347 g/mol. The minimum absolute atomic E-state index is 0.0414. The number of nitrogens with two attached hydrogens (primary N) is 1. The minimum Gasteiger partial charge on any atom is -0.335 e. The fourth-order valence-electron chi connectivity index (χ4n) is 1.81. The molecule has 1 amide bonds. The van der Waals surface area contributed by atoms with Gasteiger partial charge in [-0.3, -0.25) is 4.79 Å². The van der Waals surface area contributed by atoms with Gasteiger partial charge in [0.2, 0.25) is 11.1 Å². The Morgan fingerprint density at radius 2 is 2.00 bits per heavy atom. The summed E-state index contributed by atoms with van der Waals surface area (Å²) in [6.07, 6.45) is -3.17. The maximum atomic E-state index is 12.6. The first-order valence-electron chi connectivity index (χ1n) is 6.90. The molecule has 2 aromatic rings. The van der Waals surface area contributed by atoms with Gasteiger partial charge in [0.1, 0.15) is 5.82 Å². The van der Waals surface area contributed by atoms with Crippen LogP contribution in [0, 0.1) is 0 Å². The Hall–Kier alpha value is -2.24. The Balaban J connectivity index is 2.07. The molecule has 0 radical (unpaired) electrons. The first kappa shape index (κ1) is 18.1. The maximum absolute atomic E-state index is 12.6. The lowest BCUT2D eigenvalue weighted by Crippen LogP contribution is -2.26. The van der Waals surface area contributed by atoms with Crippen molar-refractivity contribution in [2.24, 2.45) is 0 Å². The van der Waals surface area contributed by atoms with Crippen LogP contribution >= 0.6 is 11.8 Å². The number of aromatic nitrogens is 5. The van der Waals surface area contributed by atoms with E-state index in [9.17, 15) is 18.0 Å². The summed E-state index contributed by atoms with van der Waals surface area (Å²) < 4.78 is 39.8. The molecule has 0 fully saturated rings. The molecule has 0 aliphatic heterocycles. The number of nitrogens with one attached hydrogen (secondary N) is 1. The fourth-order valence-corrected chi connectivity index (χ4v) is 2.59. The van der Waals surface area contributed by atoms with Crippen LogP contribution in [0.5, 0.6) is 0 Å². The Kier molecular flexibility index (Phi) is 5.06. The number of carbonyl (C=O) groups excluding carboxylic acids is 1. The highest BCUT2D eigenvalue weighted by atomic mass is 32.2. The Morgan fingerprint density at radius 1 is 1.33 bits per heavy atom. The molecule has 0 saturated carbocycles. The average Bonchev–Trinajstić information content (AvgIpc) is 3.05. The first-order chi connectivity index (χ1) is 11.1. The van der Waals surface area contributed by atoms with Gasteiger partial charge in [-0.15, -0.1) is 10.2 Å². The molecule has 8 nitrogen and oxygen atoms in total. The molecule has 0 aliphatic rings. The minimum atomic E-state index is -4.71. The van der Waals surface area contributed by atoms with E-state index in [4.69, 9.17) is 5.84 Å². The Labute approximate surface area is 139 Å². The summed E-state index contributed by atoms with van der Waals surface area (Å²) in [5.74, 6) is 4.09. The third-order valence-corrected chi connectivity index (χ3v) is 4.04. The van der Waals surface area contributed by atoms with Gasteiger partial charge in [-0.05, 0) is 20.8 Å². The van der Waals surface area contributed by atoms with Crippen LogP contribution in [0.1, 0.15) is 32.6 Å². The van der Waals surface area contributed by atoms with E-state index >= 15 is 0 Å². The summed E-state index contributed by atoms with van der Waals surface area (Å²) in [5, 5.41) is 12.2. The summed E-state index contributed by atoms with van der Waals surface area (Å²) in [7, 11) is 0. The van der Waals surface area contributed by atoms with Gasteiger partial charge in [0.05, 0.1) is 11.4 Å². The van der Waals surface area contributed by atoms with Crippen LogP contribution < -0.4 is 11.2 Å². The highest BCUT2D eigenvalue weighted by molar-refractivity contribution is 8.00. The van der Waals surface area contributed by atoms with Crippen LogP contribution in [-0.2, 0) is 11.0 Å². The highest BCUT2D eigenvalue weighted by Gasteiger charge is 2.38. The number of rotatable bonds is 5. The average molecular weight is 363 g/mol. The molecule has 1 unspecified atom stereocenters. The third kappa shape index (κ3) is 3.80. The van der Waals surface area contributed by atoms with Crippen molar-refractivity contribution in [3.8, 4) is 0 Å². The Bertz CT molecular complexity index is 725. The van der Waals surface area contributed by atoms with Crippen LogP contribution in [0.15, 0.2) is 17.4 Å². The van der Waals surface area contributed by atoms with Crippen molar-refractivity contribution in [1.29, 1.82) is 0 Å². The van der Waals surface area contributed by atoms with E-state index < -0.39 is 23.2 Å². The van der Waals surface area contributed by atoms with Crippen molar-refractivity contribution in [3.05, 3.63) is 18.1 Å². The highest BCUT2D eigenvalue weighted by Crippen LogP contribution is 2.30. The van der Waals surface area contributed by atoms with Crippen LogP contribution in [0.2, 0.25) is 0 Å². The molecule has 2 rings (SSSR count). The summed E-state index contributed by atoms with van der Waals surface area (Å²) in [6, 6.07) is 1.67. The largest absolute Gasteiger partial charge is 0.453 e. The molecule has 2 aromatic heterocycles. The van der Waals surface area contributed by atoms with Gasteiger partial charge >= 0.3 is 6.18 Å². The lowest BCUT2D eigenvalue weighted by Gasteiger charge is -2.14. The number of thioether (sulfide) groups is 1. The molecule has 24 heavy (non-hydrogen) atoms. The van der Waals surface area contributed by atoms with E-state index in [2.05, 4.69) is 20.6 Å². The normalized spacial score (nSPS) is 13.3. The third-order valence-electron chi connectivity index (χ3n) is 2.98. The van der Waals surface area contributed by atoms with Gasteiger partial charge in [-0.1, -0.05) is 11.8 Å². The predicted octanol–water partition coefficient (Wildman–Crippen LogP) is 1.91. The predicted molar refractivity (Wildman–Crippen MR) is 81.7 cm³/mol. The number of anilines is 1. The van der Waals surface area contributed by atoms with Gasteiger partial charge in [0.25, 0.3) is 5.82 Å². The quantitative estimate of drug-likeness (QED) is 0.621. The molecule has 132 valence electrons. The molecule has 0 spiro atoms. The van der Waals surface area contributed by atoms with E-state index in [1.807, 2.05) is 13.8 Å². The van der Waals surface area contributed by atoms with Crippen molar-refractivity contribution < 1.29 is 18.0 Å². The van der Waals surface area contributed by atoms with E-state index in [0.717, 1.165) is 11.8 Å². The second-order valence-corrected chi connectivity index (χ2v) is 6.49.